The molecule has 0 saturated heterocycles. The zero-order valence-electron chi connectivity index (χ0n) is 7.19. The lowest BCUT2D eigenvalue weighted by Crippen LogP contribution is -1.90. The third-order valence-electron chi connectivity index (χ3n) is 1.88. The molecule has 0 bridgehead atoms. The second kappa shape index (κ2) is 5.90. The van der Waals surface area contributed by atoms with Crippen molar-refractivity contribution < 1.29 is 0 Å². The number of aryl methyl sites for hydroxylation is 1. The van der Waals surface area contributed by atoms with Gasteiger partial charge < -0.3 is 0 Å². The van der Waals surface area contributed by atoms with Crippen molar-refractivity contribution in [2.24, 2.45) is 0 Å². The molecule has 0 unspecified atom stereocenters. The fourth-order valence-electron chi connectivity index (χ4n) is 1.19. The monoisotopic (exact) mass is 280 g/mol. The van der Waals surface area contributed by atoms with Gasteiger partial charge in [-0.3, -0.25) is 0 Å². The minimum atomic E-state index is 0.487. The van der Waals surface area contributed by atoms with Crippen LogP contribution >= 0.6 is 39.1 Å². The van der Waals surface area contributed by atoms with Crippen LogP contribution in [0.1, 0.15) is 17.5 Å². The van der Waals surface area contributed by atoms with Crippen LogP contribution in [0.3, 0.4) is 0 Å². The van der Waals surface area contributed by atoms with E-state index >= 15 is 0 Å². The van der Waals surface area contributed by atoms with Gasteiger partial charge in [0.1, 0.15) is 0 Å². The molecular weight excluding hydrogens is 271 g/mol. The van der Waals surface area contributed by atoms with Crippen molar-refractivity contribution in [3.05, 3.63) is 34.3 Å². The van der Waals surface area contributed by atoms with Gasteiger partial charge in [-0.1, -0.05) is 45.7 Å². The minimum Gasteiger partial charge on any atom is -0.121 e. The van der Waals surface area contributed by atoms with Crippen LogP contribution in [0, 0.1) is 0 Å². The SMILES string of the molecule is ClCc1cccc(CCCBr)c1Cl. The van der Waals surface area contributed by atoms with E-state index in [9.17, 15) is 0 Å². The molecule has 0 amide bonds. The van der Waals surface area contributed by atoms with Gasteiger partial charge in [-0.05, 0) is 24.0 Å². The minimum absolute atomic E-state index is 0.487. The number of hydrogen-bond donors (Lipinski definition) is 0. The normalized spacial score (nSPS) is 10.4. The maximum absolute atomic E-state index is 6.14. The van der Waals surface area contributed by atoms with E-state index in [-0.39, 0.29) is 0 Å². The standard InChI is InChI=1S/C10H11BrCl2/c11-6-2-5-8-3-1-4-9(7-12)10(8)13/h1,3-4H,2,5-7H2. The molecule has 0 N–H and O–H groups in total. The lowest BCUT2D eigenvalue weighted by molar-refractivity contribution is 0.937. The van der Waals surface area contributed by atoms with Crippen LogP contribution in [0.4, 0.5) is 0 Å². The van der Waals surface area contributed by atoms with Crippen LogP contribution in [0.25, 0.3) is 0 Å². The molecule has 0 aliphatic heterocycles. The van der Waals surface area contributed by atoms with Crippen molar-refractivity contribution in [2.75, 3.05) is 5.33 Å². The van der Waals surface area contributed by atoms with Crippen molar-refractivity contribution in [3.8, 4) is 0 Å². The first-order chi connectivity index (χ1) is 6.29. The van der Waals surface area contributed by atoms with Crippen LogP contribution in [0.15, 0.2) is 18.2 Å². The number of alkyl halides is 2. The average molecular weight is 282 g/mol. The molecule has 0 nitrogen and oxygen atoms in total. The van der Waals surface area contributed by atoms with Gasteiger partial charge in [0.15, 0.2) is 0 Å². The van der Waals surface area contributed by atoms with Crippen LogP contribution in [0.5, 0.6) is 0 Å². The largest absolute Gasteiger partial charge is 0.121 e. The summed E-state index contributed by atoms with van der Waals surface area (Å²) in [5, 5.41) is 1.84. The second-order valence-electron chi connectivity index (χ2n) is 2.82. The Morgan fingerprint density at radius 3 is 2.54 bits per heavy atom. The molecule has 1 rings (SSSR count). The van der Waals surface area contributed by atoms with Gasteiger partial charge in [0.2, 0.25) is 0 Å². The molecule has 72 valence electrons. The molecule has 1 aromatic carbocycles. The summed E-state index contributed by atoms with van der Waals surface area (Å²) in [6, 6.07) is 6.03. The average Bonchev–Trinajstić information content (AvgIpc) is 2.16. The van der Waals surface area contributed by atoms with Crippen LogP contribution < -0.4 is 0 Å². The van der Waals surface area contributed by atoms with Crippen LogP contribution in [-0.4, -0.2) is 5.33 Å². The van der Waals surface area contributed by atoms with E-state index in [1.54, 1.807) is 0 Å². The summed E-state index contributed by atoms with van der Waals surface area (Å²) in [5.74, 6) is 0.487. The highest BCUT2D eigenvalue weighted by Crippen LogP contribution is 2.23. The van der Waals surface area contributed by atoms with Gasteiger partial charge >= 0.3 is 0 Å². The first-order valence-corrected chi connectivity index (χ1v) is 6.21. The Morgan fingerprint density at radius 2 is 1.92 bits per heavy atom. The Kier molecular flexibility index (Phi) is 5.15. The molecule has 0 heterocycles. The smallest absolute Gasteiger partial charge is 0.0488 e. The van der Waals surface area contributed by atoms with Gasteiger partial charge in [-0.2, -0.15) is 0 Å². The van der Waals surface area contributed by atoms with E-state index in [4.69, 9.17) is 23.2 Å². The van der Waals surface area contributed by atoms with Gasteiger partial charge in [-0.25, -0.2) is 0 Å². The van der Waals surface area contributed by atoms with E-state index in [2.05, 4.69) is 22.0 Å². The van der Waals surface area contributed by atoms with Crippen molar-refractivity contribution in [1.82, 2.24) is 0 Å². The summed E-state index contributed by atoms with van der Waals surface area (Å²) in [6.07, 6.45) is 2.11. The van der Waals surface area contributed by atoms with Crippen LogP contribution in [0.2, 0.25) is 5.02 Å². The zero-order chi connectivity index (χ0) is 9.68. The highest BCUT2D eigenvalue weighted by Gasteiger charge is 2.03. The highest BCUT2D eigenvalue weighted by atomic mass is 79.9. The molecule has 0 radical (unpaired) electrons. The molecule has 3 heteroatoms. The highest BCUT2D eigenvalue weighted by molar-refractivity contribution is 9.09. The fourth-order valence-corrected chi connectivity index (χ4v) is 2.05. The summed E-state index contributed by atoms with van der Waals surface area (Å²) in [6.45, 7) is 0. The van der Waals surface area contributed by atoms with Crippen molar-refractivity contribution in [2.45, 2.75) is 18.7 Å². The van der Waals surface area contributed by atoms with E-state index in [0.717, 1.165) is 28.8 Å². The maximum Gasteiger partial charge on any atom is 0.0488 e. The molecule has 0 spiro atoms. The van der Waals surface area contributed by atoms with Crippen molar-refractivity contribution in [3.63, 3.8) is 0 Å². The summed E-state index contributed by atoms with van der Waals surface area (Å²) >= 11 is 15.3. The van der Waals surface area contributed by atoms with Gasteiger partial charge in [0, 0.05) is 16.2 Å². The lowest BCUT2D eigenvalue weighted by Gasteiger charge is -2.06. The van der Waals surface area contributed by atoms with Crippen molar-refractivity contribution in [1.29, 1.82) is 0 Å². The second-order valence-corrected chi connectivity index (χ2v) is 4.25. The molecule has 0 aliphatic rings. The molecule has 13 heavy (non-hydrogen) atoms. The fraction of sp³-hybridized carbons (Fsp3) is 0.400. The molecule has 0 saturated carbocycles. The summed E-state index contributed by atoms with van der Waals surface area (Å²) < 4.78 is 0. The lowest BCUT2D eigenvalue weighted by atomic mass is 10.1. The third-order valence-corrected chi connectivity index (χ3v) is 3.22. The first-order valence-electron chi connectivity index (χ1n) is 4.17. The summed E-state index contributed by atoms with van der Waals surface area (Å²) in [4.78, 5) is 0. The third kappa shape index (κ3) is 3.16. The number of rotatable bonds is 4. The molecule has 0 aromatic heterocycles. The molecule has 0 fully saturated rings. The van der Waals surface area contributed by atoms with Gasteiger partial charge in [-0.15, -0.1) is 11.6 Å². The van der Waals surface area contributed by atoms with Gasteiger partial charge in [0.25, 0.3) is 0 Å². The van der Waals surface area contributed by atoms with E-state index < -0.39 is 0 Å². The zero-order valence-corrected chi connectivity index (χ0v) is 10.3. The quantitative estimate of drug-likeness (QED) is 0.718. The Balaban J connectivity index is 2.81. The van der Waals surface area contributed by atoms with Crippen molar-refractivity contribution >= 4 is 39.1 Å². The predicted molar refractivity (Wildman–Crippen MR) is 63.1 cm³/mol. The molecule has 1 aromatic rings. The van der Waals surface area contributed by atoms with E-state index in [1.807, 2.05) is 12.1 Å². The van der Waals surface area contributed by atoms with E-state index in [1.165, 1.54) is 5.56 Å². The predicted octanol–water partition coefficient (Wildman–Crippen LogP) is 4.41. The molecular formula is C10H11BrCl2. The number of hydrogen-bond acceptors (Lipinski definition) is 0. The number of benzene rings is 1. The van der Waals surface area contributed by atoms with E-state index in [0.29, 0.717) is 5.88 Å². The number of halogens is 3. The topological polar surface area (TPSA) is 0 Å². The first kappa shape index (κ1) is 11.4. The van der Waals surface area contributed by atoms with Crippen LogP contribution in [-0.2, 0) is 12.3 Å². The Bertz CT molecular complexity index is 274. The Hall–Kier alpha value is 0.280. The Labute approximate surface area is 97.4 Å². The Morgan fingerprint density at radius 1 is 1.23 bits per heavy atom. The summed E-state index contributed by atoms with van der Waals surface area (Å²) in [7, 11) is 0. The van der Waals surface area contributed by atoms with Gasteiger partial charge in [0.05, 0.1) is 0 Å². The molecule has 0 atom stereocenters. The summed E-state index contributed by atoms with van der Waals surface area (Å²) in [5.41, 5.74) is 2.22. The maximum atomic E-state index is 6.14. The molecule has 0 aliphatic carbocycles.